The number of aliphatic hydroxyl groups excluding tert-OH is 1. The van der Waals surface area contributed by atoms with Gasteiger partial charge in [-0.15, -0.1) is 0 Å². The Morgan fingerprint density at radius 1 is 0.675 bits per heavy atom. The van der Waals surface area contributed by atoms with Crippen molar-refractivity contribution in [1.29, 1.82) is 0 Å². The van der Waals surface area contributed by atoms with Crippen LogP contribution in [0.5, 0.6) is 40.2 Å². The molecule has 2 aliphatic rings. The molecular weight excluding hydrogens is 514 g/mol. The van der Waals surface area contributed by atoms with E-state index in [2.05, 4.69) is 4.57 Å². The van der Waals surface area contributed by atoms with Crippen LogP contribution >= 0.6 is 0 Å². The van der Waals surface area contributed by atoms with Crippen molar-refractivity contribution in [2.24, 2.45) is 0 Å². The molecule has 208 valence electrons. The third-order valence-corrected chi connectivity index (χ3v) is 7.67. The number of rotatable bonds is 7. The van der Waals surface area contributed by atoms with Crippen LogP contribution in [0, 0.1) is 0 Å². The Morgan fingerprint density at radius 3 is 1.90 bits per heavy atom. The van der Waals surface area contributed by atoms with E-state index in [1.165, 1.54) is 0 Å². The first-order valence-corrected chi connectivity index (χ1v) is 12.8. The van der Waals surface area contributed by atoms with Gasteiger partial charge in [0, 0.05) is 34.9 Å². The lowest BCUT2D eigenvalue weighted by Gasteiger charge is -2.27. The maximum Gasteiger partial charge on any atom is 0.240 e. The molecule has 0 spiro atoms. The van der Waals surface area contributed by atoms with E-state index in [1.807, 2.05) is 36.4 Å². The lowest BCUT2D eigenvalue weighted by atomic mass is 9.89. The van der Waals surface area contributed by atoms with Gasteiger partial charge in [-0.3, -0.25) is 0 Å². The molecule has 0 saturated carbocycles. The van der Waals surface area contributed by atoms with Gasteiger partial charge in [-0.2, -0.15) is 0 Å². The zero-order chi connectivity index (χ0) is 28.1. The number of fused-ring (bicyclic) bond motifs is 7. The second kappa shape index (κ2) is 9.91. The standard InChI is InChI=1S/C31H31NO8/c1-34-20-8-7-17(12-22(20)35-2)27-28-19-14-25(38-5)26(39-6)15-21(19)40-31(33)30(28)32-10-9-16-11-23(36-3)24(37-4)13-18(16)29(27)32/h7-8,11-15,31,33H,9-10H2,1-6H3. The Bertz CT molecular complexity index is 1620. The maximum absolute atomic E-state index is 11.4. The first-order chi connectivity index (χ1) is 19.5. The molecule has 0 radical (unpaired) electrons. The molecule has 1 aromatic heterocycles. The van der Waals surface area contributed by atoms with Gasteiger partial charge < -0.3 is 42.8 Å². The fourth-order valence-electron chi connectivity index (χ4n) is 5.86. The average molecular weight is 546 g/mol. The Morgan fingerprint density at radius 2 is 1.25 bits per heavy atom. The second-order valence-electron chi connectivity index (χ2n) is 9.49. The molecule has 0 saturated heterocycles. The minimum atomic E-state index is -1.20. The molecule has 0 bridgehead atoms. The minimum absolute atomic E-state index is 0.495. The molecule has 0 aliphatic carbocycles. The number of aliphatic hydroxyl groups is 1. The molecule has 1 unspecified atom stereocenters. The highest BCUT2D eigenvalue weighted by Crippen LogP contribution is 2.56. The van der Waals surface area contributed by atoms with E-state index in [0.717, 1.165) is 45.5 Å². The fraction of sp³-hybridized carbons (Fsp3) is 0.290. The molecule has 0 fully saturated rings. The number of hydrogen-bond donors (Lipinski definition) is 1. The maximum atomic E-state index is 11.4. The largest absolute Gasteiger partial charge is 0.493 e. The molecule has 0 amide bonds. The first-order valence-electron chi connectivity index (χ1n) is 12.8. The molecule has 1 atom stereocenters. The monoisotopic (exact) mass is 545 g/mol. The molecule has 3 heterocycles. The quantitative estimate of drug-likeness (QED) is 0.327. The molecule has 2 aliphatic heterocycles. The van der Waals surface area contributed by atoms with Crippen molar-refractivity contribution in [3.8, 4) is 73.8 Å². The summed E-state index contributed by atoms with van der Waals surface area (Å²) >= 11 is 0. The fourth-order valence-corrected chi connectivity index (χ4v) is 5.86. The highest BCUT2D eigenvalue weighted by atomic mass is 16.6. The zero-order valence-corrected chi connectivity index (χ0v) is 23.3. The first kappa shape index (κ1) is 25.8. The van der Waals surface area contributed by atoms with Crippen molar-refractivity contribution >= 4 is 0 Å². The van der Waals surface area contributed by atoms with Crippen LogP contribution in [-0.4, -0.2) is 52.3 Å². The van der Waals surface area contributed by atoms with Gasteiger partial charge in [0.15, 0.2) is 34.5 Å². The average Bonchev–Trinajstić information content (AvgIpc) is 3.35. The summed E-state index contributed by atoms with van der Waals surface area (Å²) in [6.45, 7) is 0.635. The highest BCUT2D eigenvalue weighted by molar-refractivity contribution is 6.00. The van der Waals surface area contributed by atoms with Crippen LogP contribution in [0.3, 0.4) is 0 Å². The van der Waals surface area contributed by atoms with Gasteiger partial charge in [-0.1, -0.05) is 6.07 Å². The predicted octanol–water partition coefficient (Wildman–Crippen LogP) is 5.48. The van der Waals surface area contributed by atoms with Crippen molar-refractivity contribution < 1.29 is 38.3 Å². The van der Waals surface area contributed by atoms with Gasteiger partial charge in [-0.25, -0.2) is 0 Å². The Hall–Kier alpha value is -4.50. The summed E-state index contributed by atoms with van der Waals surface area (Å²) in [5.41, 5.74) is 7.14. The van der Waals surface area contributed by atoms with Gasteiger partial charge >= 0.3 is 0 Å². The number of ether oxygens (including phenoxy) is 7. The van der Waals surface area contributed by atoms with Gasteiger partial charge in [0.25, 0.3) is 0 Å². The van der Waals surface area contributed by atoms with Crippen molar-refractivity contribution in [3.05, 3.63) is 53.7 Å². The summed E-state index contributed by atoms with van der Waals surface area (Å²) in [6.07, 6.45) is -0.462. The van der Waals surface area contributed by atoms with Crippen LogP contribution in [0.4, 0.5) is 0 Å². The van der Waals surface area contributed by atoms with Crippen LogP contribution in [0.2, 0.25) is 0 Å². The summed E-state index contributed by atoms with van der Waals surface area (Å²) < 4.78 is 41.9. The number of aryl methyl sites for hydroxylation is 1. The van der Waals surface area contributed by atoms with Crippen molar-refractivity contribution in [3.63, 3.8) is 0 Å². The van der Waals surface area contributed by atoms with Crippen LogP contribution in [-0.2, 0) is 13.0 Å². The van der Waals surface area contributed by atoms with E-state index >= 15 is 0 Å². The number of benzene rings is 3. The molecule has 4 aromatic rings. The van der Waals surface area contributed by atoms with Crippen molar-refractivity contribution in [2.75, 3.05) is 42.7 Å². The summed E-state index contributed by atoms with van der Waals surface area (Å²) in [4.78, 5) is 0. The van der Waals surface area contributed by atoms with Crippen molar-refractivity contribution in [1.82, 2.24) is 4.57 Å². The van der Waals surface area contributed by atoms with Crippen molar-refractivity contribution in [2.45, 2.75) is 19.3 Å². The van der Waals surface area contributed by atoms with Crippen LogP contribution < -0.4 is 33.2 Å². The third kappa shape index (κ3) is 3.72. The topological polar surface area (TPSA) is 89.8 Å². The Labute approximate surface area is 232 Å². The summed E-state index contributed by atoms with van der Waals surface area (Å²) in [7, 11) is 9.65. The van der Waals surface area contributed by atoms with E-state index in [0.29, 0.717) is 52.5 Å². The number of aromatic nitrogens is 1. The van der Waals surface area contributed by atoms with E-state index in [9.17, 15) is 5.11 Å². The smallest absolute Gasteiger partial charge is 0.240 e. The summed E-state index contributed by atoms with van der Waals surface area (Å²) in [6, 6.07) is 13.5. The number of hydrogen-bond acceptors (Lipinski definition) is 8. The van der Waals surface area contributed by atoms with Gasteiger partial charge in [0.2, 0.25) is 6.29 Å². The molecule has 1 N–H and O–H groups in total. The lowest BCUT2D eigenvalue weighted by molar-refractivity contribution is -0.0274. The normalized spacial score (nSPS) is 14.6. The molecule has 9 nitrogen and oxygen atoms in total. The van der Waals surface area contributed by atoms with E-state index in [4.69, 9.17) is 33.2 Å². The van der Waals surface area contributed by atoms with E-state index in [-0.39, 0.29) is 0 Å². The van der Waals surface area contributed by atoms with Crippen LogP contribution in [0.25, 0.3) is 33.5 Å². The van der Waals surface area contributed by atoms with Crippen LogP contribution in [0.15, 0.2) is 42.5 Å². The van der Waals surface area contributed by atoms with E-state index in [1.54, 1.807) is 48.7 Å². The minimum Gasteiger partial charge on any atom is -0.493 e. The third-order valence-electron chi connectivity index (χ3n) is 7.67. The molecule has 6 rings (SSSR count). The van der Waals surface area contributed by atoms with Gasteiger partial charge in [0.05, 0.1) is 54.0 Å². The van der Waals surface area contributed by atoms with Gasteiger partial charge in [0.1, 0.15) is 5.75 Å². The molecule has 9 heteroatoms. The lowest BCUT2D eigenvalue weighted by Crippen LogP contribution is -2.20. The Balaban J connectivity index is 1.74. The number of methoxy groups -OCH3 is 6. The zero-order valence-electron chi connectivity index (χ0n) is 23.3. The summed E-state index contributed by atoms with van der Waals surface area (Å²) in [5, 5.41) is 11.4. The molecule has 40 heavy (non-hydrogen) atoms. The molecule has 3 aromatic carbocycles. The Kier molecular flexibility index (Phi) is 6.38. The SMILES string of the molecule is COc1ccc(-c2c3c(n4c2-c2cc(OC)c(OC)cc2CC4)C(O)Oc2cc(OC)c(OC)cc2-3)cc1OC. The van der Waals surface area contributed by atoms with Crippen LogP contribution in [0.1, 0.15) is 17.5 Å². The predicted molar refractivity (Wildman–Crippen MR) is 149 cm³/mol. The number of nitrogens with zero attached hydrogens (tertiary/aromatic N) is 1. The highest BCUT2D eigenvalue weighted by Gasteiger charge is 2.38. The second-order valence-corrected chi connectivity index (χ2v) is 9.49. The summed E-state index contributed by atoms with van der Waals surface area (Å²) in [5.74, 6) is 4.07. The molecular formula is C31H31NO8. The van der Waals surface area contributed by atoms with E-state index < -0.39 is 6.29 Å². The van der Waals surface area contributed by atoms with Gasteiger partial charge in [-0.05, 0) is 47.9 Å².